The Morgan fingerprint density at radius 1 is 0.941 bits per heavy atom. The molecule has 4 aromatic rings. The average molecular weight is 452 g/mol. The molecule has 0 saturated carbocycles. The van der Waals surface area contributed by atoms with Crippen LogP contribution in [-0.2, 0) is 17.6 Å². The van der Waals surface area contributed by atoms with Gasteiger partial charge in [0, 0.05) is 29.8 Å². The predicted molar refractivity (Wildman–Crippen MR) is 130 cm³/mol. The first-order valence-electron chi connectivity index (χ1n) is 11.1. The molecule has 0 aliphatic carbocycles. The van der Waals surface area contributed by atoms with E-state index in [4.69, 9.17) is 0 Å². The number of hydrogen-bond acceptors (Lipinski definition) is 3. The highest BCUT2D eigenvalue weighted by Gasteiger charge is 2.25. The van der Waals surface area contributed by atoms with E-state index in [1.165, 1.54) is 12.1 Å². The van der Waals surface area contributed by atoms with Crippen LogP contribution in [0.1, 0.15) is 21.6 Å². The highest BCUT2D eigenvalue weighted by atomic mass is 19.1. The second-order valence-electron chi connectivity index (χ2n) is 8.15. The highest BCUT2D eigenvalue weighted by molar-refractivity contribution is 6.09. The lowest BCUT2D eigenvalue weighted by Crippen LogP contribution is -2.30. The summed E-state index contributed by atoms with van der Waals surface area (Å²) in [7, 11) is 0. The molecule has 5 rings (SSSR count). The molecule has 1 aromatic heterocycles. The quantitative estimate of drug-likeness (QED) is 0.450. The molecular formula is C28H22FN3O2. The van der Waals surface area contributed by atoms with E-state index in [9.17, 15) is 14.0 Å². The second kappa shape index (κ2) is 9.27. The van der Waals surface area contributed by atoms with Gasteiger partial charge in [-0.1, -0.05) is 42.5 Å². The molecule has 2 amide bonds. The molecule has 3 aromatic carbocycles. The molecule has 0 spiro atoms. The summed E-state index contributed by atoms with van der Waals surface area (Å²) in [6, 6.07) is 24.7. The number of amides is 2. The fraction of sp³-hybridized carbons (Fsp3) is 0.107. The van der Waals surface area contributed by atoms with E-state index >= 15 is 0 Å². The van der Waals surface area contributed by atoms with Crippen LogP contribution in [0.15, 0.2) is 91.1 Å². The van der Waals surface area contributed by atoms with E-state index in [0.717, 1.165) is 22.5 Å². The maximum atomic E-state index is 14.0. The fourth-order valence-electron chi connectivity index (χ4n) is 4.26. The Morgan fingerprint density at radius 3 is 2.56 bits per heavy atom. The molecule has 168 valence electrons. The molecular weight excluding hydrogens is 429 g/mol. The van der Waals surface area contributed by atoms with Crippen molar-refractivity contribution in [2.45, 2.75) is 12.8 Å². The van der Waals surface area contributed by atoms with Crippen LogP contribution in [0.3, 0.4) is 0 Å². The number of benzene rings is 3. The van der Waals surface area contributed by atoms with Gasteiger partial charge in [-0.25, -0.2) is 4.39 Å². The van der Waals surface area contributed by atoms with E-state index in [1.807, 2.05) is 60.7 Å². The summed E-state index contributed by atoms with van der Waals surface area (Å²) in [5.74, 6) is -0.873. The SMILES string of the molecule is O=C(Nc1ccc2c(c1)CCN2C(=O)Cc1ccccn1)c1cc(F)ccc1-c1ccccc1. The van der Waals surface area contributed by atoms with Crippen molar-refractivity contribution < 1.29 is 14.0 Å². The zero-order chi connectivity index (χ0) is 23.5. The number of hydrogen-bond donors (Lipinski definition) is 1. The van der Waals surface area contributed by atoms with Crippen molar-refractivity contribution in [1.29, 1.82) is 0 Å². The number of rotatable bonds is 5. The molecule has 1 aliphatic heterocycles. The number of aromatic nitrogens is 1. The van der Waals surface area contributed by atoms with Crippen molar-refractivity contribution in [2.24, 2.45) is 0 Å². The number of pyridine rings is 1. The first-order valence-corrected chi connectivity index (χ1v) is 11.1. The third-order valence-corrected chi connectivity index (χ3v) is 5.90. The van der Waals surface area contributed by atoms with Gasteiger partial charge in [0.2, 0.25) is 5.91 Å². The third-order valence-electron chi connectivity index (χ3n) is 5.90. The van der Waals surface area contributed by atoms with E-state index in [2.05, 4.69) is 10.3 Å². The van der Waals surface area contributed by atoms with Gasteiger partial charge >= 0.3 is 0 Å². The molecule has 2 heterocycles. The summed E-state index contributed by atoms with van der Waals surface area (Å²) in [6.07, 6.45) is 2.61. The van der Waals surface area contributed by atoms with Gasteiger partial charge in [0.15, 0.2) is 0 Å². The van der Waals surface area contributed by atoms with Gasteiger partial charge < -0.3 is 10.2 Å². The number of carbonyl (C=O) groups is 2. The van der Waals surface area contributed by atoms with Crippen LogP contribution < -0.4 is 10.2 Å². The molecule has 5 nitrogen and oxygen atoms in total. The van der Waals surface area contributed by atoms with Crippen LogP contribution in [0.5, 0.6) is 0 Å². The summed E-state index contributed by atoms with van der Waals surface area (Å²) >= 11 is 0. The van der Waals surface area contributed by atoms with Gasteiger partial charge in [0.25, 0.3) is 5.91 Å². The predicted octanol–water partition coefficient (Wildman–Crippen LogP) is 5.27. The largest absolute Gasteiger partial charge is 0.322 e. The van der Waals surface area contributed by atoms with Gasteiger partial charge in [0.1, 0.15) is 5.82 Å². The monoisotopic (exact) mass is 451 g/mol. The fourth-order valence-corrected chi connectivity index (χ4v) is 4.26. The zero-order valence-corrected chi connectivity index (χ0v) is 18.4. The van der Waals surface area contributed by atoms with Crippen molar-refractivity contribution in [1.82, 2.24) is 4.98 Å². The van der Waals surface area contributed by atoms with Crippen LogP contribution in [0, 0.1) is 5.82 Å². The minimum atomic E-state index is -0.471. The molecule has 0 saturated heterocycles. The van der Waals surface area contributed by atoms with E-state index in [1.54, 1.807) is 23.2 Å². The lowest BCUT2D eigenvalue weighted by molar-refractivity contribution is -0.117. The van der Waals surface area contributed by atoms with Gasteiger partial charge in [-0.3, -0.25) is 14.6 Å². The number of nitrogens with one attached hydrogen (secondary N) is 1. The van der Waals surface area contributed by atoms with Crippen LogP contribution in [-0.4, -0.2) is 23.3 Å². The van der Waals surface area contributed by atoms with E-state index < -0.39 is 5.82 Å². The van der Waals surface area contributed by atoms with Crippen molar-refractivity contribution in [3.8, 4) is 11.1 Å². The molecule has 6 heteroatoms. The van der Waals surface area contributed by atoms with Crippen molar-refractivity contribution in [2.75, 3.05) is 16.8 Å². The topological polar surface area (TPSA) is 62.3 Å². The van der Waals surface area contributed by atoms with Gasteiger partial charge in [-0.2, -0.15) is 0 Å². The normalized spacial score (nSPS) is 12.3. The van der Waals surface area contributed by atoms with Gasteiger partial charge in [0.05, 0.1) is 12.0 Å². The number of halogens is 1. The van der Waals surface area contributed by atoms with E-state index in [-0.39, 0.29) is 23.8 Å². The Bertz CT molecular complexity index is 1360. The summed E-state index contributed by atoms with van der Waals surface area (Å²) in [5.41, 5.74) is 4.92. The minimum absolute atomic E-state index is 0.0125. The molecule has 0 bridgehead atoms. The molecule has 0 radical (unpaired) electrons. The zero-order valence-electron chi connectivity index (χ0n) is 18.4. The molecule has 1 N–H and O–H groups in total. The standard InChI is InChI=1S/C28H22FN3O2/c29-21-9-11-24(19-6-2-1-3-7-19)25(17-21)28(34)31-23-10-12-26-20(16-23)13-15-32(26)27(33)18-22-8-4-5-14-30-22/h1-12,14,16-17H,13,15,18H2,(H,31,34). The smallest absolute Gasteiger partial charge is 0.256 e. The second-order valence-corrected chi connectivity index (χ2v) is 8.15. The minimum Gasteiger partial charge on any atom is -0.322 e. The summed E-state index contributed by atoms with van der Waals surface area (Å²) in [5, 5.41) is 2.89. The first-order chi connectivity index (χ1) is 16.6. The molecule has 0 fully saturated rings. The molecule has 0 atom stereocenters. The van der Waals surface area contributed by atoms with Gasteiger partial charge in [-0.15, -0.1) is 0 Å². The summed E-state index contributed by atoms with van der Waals surface area (Å²) in [4.78, 5) is 31.9. The van der Waals surface area contributed by atoms with Crippen LogP contribution in [0.2, 0.25) is 0 Å². The maximum Gasteiger partial charge on any atom is 0.256 e. The van der Waals surface area contributed by atoms with Gasteiger partial charge in [-0.05, 0) is 65.6 Å². The van der Waals surface area contributed by atoms with Crippen molar-refractivity contribution in [3.63, 3.8) is 0 Å². The summed E-state index contributed by atoms with van der Waals surface area (Å²) < 4.78 is 14.0. The number of carbonyl (C=O) groups excluding carboxylic acids is 2. The summed E-state index contributed by atoms with van der Waals surface area (Å²) in [6.45, 7) is 0.584. The number of anilines is 2. The number of fused-ring (bicyclic) bond motifs is 1. The first kappa shape index (κ1) is 21.5. The molecule has 1 aliphatic rings. The lowest BCUT2D eigenvalue weighted by Gasteiger charge is -2.17. The van der Waals surface area contributed by atoms with Crippen molar-refractivity contribution in [3.05, 3.63) is 114 Å². The van der Waals surface area contributed by atoms with E-state index in [0.29, 0.717) is 24.2 Å². The van der Waals surface area contributed by atoms with Crippen molar-refractivity contribution >= 4 is 23.2 Å². The molecule has 34 heavy (non-hydrogen) atoms. The Hall–Kier alpha value is -4.32. The third kappa shape index (κ3) is 4.43. The number of nitrogens with zero attached hydrogens (tertiary/aromatic N) is 2. The molecule has 0 unspecified atom stereocenters. The average Bonchev–Trinajstić information content (AvgIpc) is 3.28. The lowest BCUT2D eigenvalue weighted by atomic mass is 9.99. The van der Waals surface area contributed by atoms with Crippen LogP contribution in [0.25, 0.3) is 11.1 Å². The van der Waals surface area contributed by atoms with Crippen LogP contribution in [0.4, 0.5) is 15.8 Å². The highest BCUT2D eigenvalue weighted by Crippen LogP contribution is 2.32. The van der Waals surface area contributed by atoms with Crippen LogP contribution >= 0.6 is 0 Å². The maximum absolute atomic E-state index is 14.0. The Balaban J connectivity index is 1.35. The Morgan fingerprint density at radius 2 is 1.76 bits per heavy atom. The Kier molecular flexibility index (Phi) is 5.87. The Labute approximate surface area is 196 Å².